The SMILES string of the molecule is CCOC(=O)CCNC(=O)CC1C(=O)NCCN1Cc1ccc(C)cc1. The van der Waals surface area contributed by atoms with Crippen molar-refractivity contribution in [3.8, 4) is 0 Å². The molecule has 2 amide bonds. The minimum absolute atomic E-state index is 0.0700. The van der Waals surface area contributed by atoms with E-state index in [9.17, 15) is 14.4 Å². The average molecular weight is 361 g/mol. The molecular formula is C19H27N3O4. The molecule has 0 aromatic heterocycles. The number of benzene rings is 1. The third-order valence-electron chi connectivity index (χ3n) is 4.28. The van der Waals surface area contributed by atoms with Crippen LogP contribution in [-0.4, -0.2) is 55.0 Å². The van der Waals surface area contributed by atoms with Gasteiger partial charge >= 0.3 is 5.97 Å². The maximum Gasteiger partial charge on any atom is 0.307 e. The zero-order valence-electron chi connectivity index (χ0n) is 15.4. The first kappa shape index (κ1) is 19.9. The van der Waals surface area contributed by atoms with Crippen LogP contribution in [0.15, 0.2) is 24.3 Å². The molecule has 1 heterocycles. The van der Waals surface area contributed by atoms with E-state index in [-0.39, 0.29) is 37.2 Å². The van der Waals surface area contributed by atoms with Gasteiger partial charge in [0.25, 0.3) is 0 Å². The Hall–Kier alpha value is -2.41. The number of rotatable bonds is 8. The molecular weight excluding hydrogens is 334 g/mol. The van der Waals surface area contributed by atoms with Crippen LogP contribution in [0.4, 0.5) is 0 Å². The maximum absolute atomic E-state index is 12.2. The van der Waals surface area contributed by atoms with Gasteiger partial charge < -0.3 is 15.4 Å². The Morgan fingerprint density at radius 2 is 2.04 bits per heavy atom. The third kappa shape index (κ3) is 6.15. The van der Waals surface area contributed by atoms with E-state index >= 15 is 0 Å². The molecule has 1 atom stereocenters. The highest BCUT2D eigenvalue weighted by molar-refractivity contribution is 5.89. The van der Waals surface area contributed by atoms with Crippen LogP contribution in [0.25, 0.3) is 0 Å². The van der Waals surface area contributed by atoms with Crippen LogP contribution in [-0.2, 0) is 25.7 Å². The van der Waals surface area contributed by atoms with Gasteiger partial charge in [0, 0.05) is 26.2 Å². The summed E-state index contributed by atoms with van der Waals surface area (Å²) in [5.41, 5.74) is 2.29. The Balaban J connectivity index is 1.88. The van der Waals surface area contributed by atoms with Crippen molar-refractivity contribution in [3.63, 3.8) is 0 Å². The van der Waals surface area contributed by atoms with Gasteiger partial charge in [0.1, 0.15) is 0 Å². The van der Waals surface area contributed by atoms with Gasteiger partial charge in [-0.2, -0.15) is 0 Å². The summed E-state index contributed by atoms with van der Waals surface area (Å²) in [4.78, 5) is 37.7. The first-order chi connectivity index (χ1) is 12.5. The molecule has 1 aliphatic heterocycles. The second kappa shape index (κ2) is 9.91. The summed E-state index contributed by atoms with van der Waals surface area (Å²) in [7, 11) is 0. The van der Waals surface area contributed by atoms with Crippen molar-refractivity contribution in [3.05, 3.63) is 35.4 Å². The van der Waals surface area contributed by atoms with Gasteiger partial charge in [-0.05, 0) is 19.4 Å². The number of piperazine rings is 1. The predicted octanol–water partition coefficient (Wildman–Crippen LogP) is 0.755. The number of esters is 1. The minimum atomic E-state index is -0.507. The Bertz CT molecular complexity index is 630. The number of carbonyl (C=O) groups excluding carboxylic acids is 3. The largest absolute Gasteiger partial charge is 0.466 e. The lowest BCUT2D eigenvalue weighted by Gasteiger charge is -2.34. The van der Waals surface area contributed by atoms with Gasteiger partial charge in [0.2, 0.25) is 11.8 Å². The molecule has 1 fully saturated rings. The summed E-state index contributed by atoms with van der Waals surface area (Å²) in [5.74, 6) is -0.724. The maximum atomic E-state index is 12.2. The zero-order chi connectivity index (χ0) is 18.9. The first-order valence-corrected chi connectivity index (χ1v) is 8.99. The monoisotopic (exact) mass is 361 g/mol. The molecule has 2 N–H and O–H groups in total. The predicted molar refractivity (Wildman–Crippen MR) is 97.3 cm³/mol. The van der Waals surface area contributed by atoms with Crippen molar-refractivity contribution < 1.29 is 19.1 Å². The summed E-state index contributed by atoms with van der Waals surface area (Å²) in [6, 6.07) is 7.65. The van der Waals surface area contributed by atoms with Crippen LogP contribution in [0.1, 0.15) is 30.9 Å². The van der Waals surface area contributed by atoms with Gasteiger partial charge in [-0.3, -0.25) is 19.3 Å². The van der Waals surface area contributed by atoms with Gasteiger partial charge in [0.15, 0.2) is 0 Å². The standard InChI is InChI=1S/C19H27N3O4/c1-3-26-18(24)8-9-20-17(23)12-16-19(25)21-10-11-22(16)13-15-6-4-14(2)5-7-15/h4-7,16H,3,8-13H2,1-2H3,(H,20,23)(H,21,25). The molecule has 7 heteroatoms. The molecule has 1 aromatic rings. The van der Waals surface area contributed by atoms with Gasteiger partial charge in [0.05, 0.1) is 25.5 Å². The number of nitrogens with one attached hydrogen (secondary N) is 2. The summed E-state index contributed by atoms with van der Waals surface area (Å²) in [6.45, 7) is 6.19. The molecule has 0 saturated carbocycles. The summed E-state index contributed by atoms with van der Waals surface area (Å²) < 4.78 is 4.82. The highest BCUT2D eigenvalue weighted by Gasteiger charge is 2.31. The second-order valence-electron chi connectivity index (χ2n) is 6.37. The molecule has 1 aromatic carbocycles. The van der Waals surface area contributed by atoms with E-state index in [1.165, 1.54) is 5.56 Å². The van der Waals surface area contributed by atoms with E-state index < -0.39 is 6.04 Å². The quantitative estimate of drug-likeness (QED) is 0.668. The highest BCUT2D eigenvalue weighted by atomic mass is 16.5. The van der Waals surface area contributed by atoms with Crippen molar-refractivity contribution in [1.29, 1.82) is 0 Å². The van der Waals surface area contributed by atoms with Crippen LogP contribution in [0, 0.1) is 6.92 Å². The van der Waals surface area contributed by atoms with E-state index in [2.05, 4.69) is 10.6 Å². The third-order valence-corrected chi connectivity index (χ3v) is 4.28. The molecule has 26 heavy (non-hydrogen) atoms. The lowest BCUT2D eigenvalue weighted by Crippen LogP contribution is -2.56. The lowest BCUT2D eigenvalue weighted by atomic mass is 10.1. The van der Waals surface area contributed by atoms with Gasteiger partial charge in [-0.1, -0.05) is 29.8 Å². The minimum Gasteiger partial charge on any atom is -0.466 e. The molecule has 2 rings (SSSR count). The van der Waals surface area contributed by atoms with Crippen LogP contribution in [0.3, 0.4) is 0 Å². The number of carbonyl (C=O) groups is 3. The summed E-state index contributed by atoms with van der Waals surface area (Å²) in [5, 5.41) is 5.50. The Morgan fingerprint density at radius 1 is 1.31 bits per heavy atom. The fraction of sp³-hybridized carbons (Fsp3) is 0.526. The van der Waals surface area contributed by atoms with Crippen LogP contribution in [0.2, 0.25) is 0 Å². The number of hydrogen-bond donors (Lipinski definition) is 2. The zero-order valence-corrected chi connectivity index (χ0v) is 15.4. The molecule has 0 spiro atoms. The molecule has 0 bridgehead atoms. The number of amides is 2. The fourth-order valence-electron chi connectivity index (χ4n) is 2.89. The molecule has 0 radical (unpaired) electrons. The van der Waals surface area contributed by atoms with Crippen LogP contribution >= 0.6 is 0 Å². The van der Waals surface area contributed by atoms with E-state index in [1.807, 2.05) is 36.1 Å². The Morgan fingerprint density at radius 3 is 2.73 bits per heavy atom. The Kier molecular flexibility index (Phi) is 7.59. The summed E-state index contributed by atoms with van der Waals surface area (Å²) >= 11 is 0. The molecule has 1 unspecified atom stereocenters. The van der Waals surface area contributed by atoms with Crippen molar-refractivity contribution >= 4 is 17.8 Å². The number of nitrogens with zero attached hydrogens (tertiary/aromatic N) is 1. The normalized spacial score (nSPS) is 17.5. The first-order valence-electron chi connectivity index (χ1n) is 8.99. The molecule has 1 aliphatic rings. The van der Waals surface area contributed by atoms with E-state index in [0.29, 0.717) is 26.2 Å². The van der Waals surface area contributed by atoms with Crippen molar-refractivity contribution in [2.45, 2.75) is 39.3 Å². The number of ether oxygens (including phenoxy) is 1. The molecule has 0 aliphatic carbocycles. The molecule has 7 nitrogen and oxygen atoms in total. The van der Waals surface area contributed by atoms with Crippen LogP contribution in [0.5, 0.6) is 0 Å². The van der Waals surface area contributed by atoms with E-state index in [0.717, 1.165) is 5.56 Å². The lowest BCUT2D eigenvalue weighted by molar-refractivity contribution is -0.143. The second-order valence-corrected chi connectivity index (χ2v) is 6.37. The number of aryl methyl sites for hydroxylation is 1. The average Bonchev–Trinajstić information content (AvgIpc) is 2.60. The molecule has 1 saturated heterocycles. The fourth-order valence-corrected chi connectivity index (χ4v) is 2.89. The van der Waals surface area contributed by atoms with E-state index in [1.54, 1.807) is 6.92 Å². The van der Waals surface area contributed by atoms with E-state index in [4.69, 9.17) is 4.74 Å². The number of hydrogen-bond acceptors (Lipinski definition) is 5. The molecule has 142 valence electrons. The highest BCUT2D eigenvalue weighted by Crippen LogP contribution is 2.14. The summed E-state index contributed by atoms with van der Waals surface area (Å²) in [6.07, 6.45) is 0.198. The Labute approximate surface area is 154 Å². The van der Waals surface area contributed by atoms with Gasteiger partial charge in [-0.25, -0.2) is 0 Å². The van der Waals surface area contributed by atoms with Crippen molar-refractivity contribution in [2.75, 3.05) is 26.2 Å². The topological polar surface area (TPSA) is 87.7 Å². The smallest absolute Gasteiger partial charge is 0.307 e. The van der Waals surface area contributed by atoms with Crippen molar-refractivity contribution in [2.24, 2.45) is 0 Å². The van der Waals surface area contributed by atoms with Crippen molar-refractivity contribution in [1.82, 2.24) is 15.5 Å². The van der Waals surface area contributed by atoms with Gasteiger partial charge in [-0.15, -0.1) is 0 Å². The van der Waals surface area contributed by atoms with Crippen LogP contribution < -0.4 is 10.6 Å².